The van der Waals surface area contributed by atoms with E-state index in [1.54, 1.807) is 17.5 Å². The van der Waals surface area contributed by atoms with Crippen molar-refractivity contribution in [2.45, 2.75) is 0 Å². The van der Waals surface area contributed by atoms with Gasteiger partial charge >= 0.3 is 0 Å². The van der Waals surface area contributed by atoms with Gasteiger partial charge in [0.2, 0.25) is 0 Å². The lowest BCUT2D eigenvalue weighted by Crippen LogP contribution is -2.11. The van der Waals surface area contributed by atoms with Gasteiger partial charge in [0.15, 0.2) is 0 Å². The number of benzene rings is 1. The Balaban J connectivity index is 2.21. The highest BCUT2D eigenvalue weighted by Crippen LogP contribution is 2.23. The van der Waals surface area contributed by atoms with Gasteiger partial charge in [0.25, 0.3) is 5.91 Å². The van der Waals surface area contributed by atoms with Crippen molar-refractivity contribution in [1.82, 2.24) is 0 Å². The summed E-state index contributed by atoms with van der Waals surface area (Å²) in [5.41, 5.74) is 0.998. The number of nitrogens with one attached hydrogen (secondary N) is 1. The van der Waals surface area contributed by atoms with E-state index in [4.69, 9.17) is 0 Å². The van der Waals surface area contributed by atoms with Gasteiger partial charge in [0.1, 0.15) is 5.82 Å². The van der Waals surface area contributed by atoms with Crippen molar-refractivity contribution in [3.05, 3.63) is 50.9 Å². The van der Waals surface area contributed by atoms with Gasteiger partial charge in [0.05, 0.1) is 11.3 Å². The number of rotatable bonds is 2. The van der Waals surface area contributed by atoms with Crippen LogP contribution in [0.3, 0.4) is 0 Å². The summed E-state index contributed by atoms with van der Waals surface area (Å²) in [4.78, 5) is 11.7. The molecular weight excluding hydrogens is 293 g/mol. The standard InChI is InChI=1S/C11H7BrFNOS/c12-9-2-1-8(13)5-10(9)14-11(15)7-3-4-16-6-7/h1-6H,(H,14,15). The van der Waals surface area contributed by atoms with E-state index in [9.17, 15) is 9.18 Å². The maximum absolute atomic E-state index is 13.0. The third kappa shape index (κ3) is 2.48. The molecule has 2 nitrogen and oxygen atoms in total. The van der Waals surface area contributed by atoms with E-state index >= 15 is 0 Å². The van der Waals surface area contributed by atoms with Crippen molar-refractivity contribution in [2.24, 2.45) is 0 Å². The van der Waals surface area contributed by atoms with Gasteiger partial charge < -0.3 is 5.32 Å². The third-order valence-corrected chi connectivity index (χ3v) is 3.33. The van der Waals surface area contributed by atoms with E-state index in [0.29, 0.717) is 15.7 Å². The summed E-state index contributed by atoms with van der Waals surface area (Å²) in [5, 5.41) is 6.19. The van der Waals surface area contributed by atoms with Crippen LogP contribution in [0.25, 0.3) is 0 Å². The Kier molecular flexibility index (Phi) is 3.36. The van der Waals surface area contributed by atoms with Gasteiger partial charge in [-0.05, 0) is 45.6 Å². The summed E-state index contributed by atoms with van der Waals surface area (Å²) >= 11 is 4.68. The molecule has 0 radical (unpaired) electrons. The van der Waals surface area contributed by atoms with Gasteiger partial charge in [-0.1, -0.05) is 0 Å². The monoisotopic (exact) mass is 299 g/mol. The zero-order valence-corrected chi connectivity index (χ0v) is 10.4. The first-order valence-electron chi connectivity index (χ1n) is 4.45. The molecule has 0 fully saturated rings. The Hall–Kier alpha value is -1.20. The Bertz CT molecular complexity index is 513. The number of hydrogen-bond acceptors (Lipinski definition) is 2. The molecule has 16 heavy (non-hydrogen) atoms. The van der Waals surface area contributed by atoms with E-state index < -0.39 is 0 Å². The fourth-order valence-electron chi connectivity index (χ4n) is 1.18. The van der Waals surface area contributed by atoms with Crippen LogP contribution in [0.2, 0.25) is 0 Å². The van der Waals surface area contributed by atoms with Gasteiger partial charge in [-0.3, -0.25) is 4.79 Å². The molecule has 1 aromatic carbocycles. The lowest BCUT2D eigenvalue weighted by atomic mass is 10.2. The molecule has 1 heterocycles. The highest BCUT2D eigenvalue weighted by atomic mass is 79.9. The van der Waals surface area contributed by atoms with E-state index in [2.05, 4.69) is 21.2 Å². The minimum Gasteiger partial charge on any atom is -0.321 e. The summed E-state index contributed by atoms with van der Waals surface area (Å²) < 4.78 is 13.6. The Morgan fingerprint density at radius 2 is 2.19 bits per heavy atom. The molecule has 2 aromatic rings. The Morgan fingerprint density at radius 1 is 1.38 bits per heavy atom. The lowest BCUT2D eigenvalue weighted by Gasteiger charge is -2.06. The molecule has 1 N–H and O–H groups in total. The molecule has 0 spiro atoms. The van der Waals surface area contributed by atoms with Gasteiger partial charge in [-0.25, -0.2) is 4.39 Å². The lowest BCUT2D eigenvalue weighted by molar-refractivity contribution is 0.102. The number of anilines is 1. The molecule has 0 aliphatic rings. The molecule has 0 saturated carbocycles. The van der Waals surface area contributed by atoms with Crippen molar-refractivity contribution in [1.29, 1.82) is 0 Å². The molecule has 1 aromatic heterocycles. The average Bonchev–Trinajstić information content (AvgIpc) is 2.76. The second-order valence-corrected chi connectivity index (χ2v) is 4.72. The summed E-state index contributed by atoms with van der Waals surface area (Å²) in [6.07, 6.45) is 0. The molecule has 0 saturated heterocycles. The van der Waals surface area contributed by atoms with Crippen LogP contribution in [0.4, 0.5) is 10.1 Å². The van der Waals surface area contributed by atoms with Crippen LogP contribution in [-0.2, 0) is 0 Å². The maximum atomic E-state index is 13.0. The van der Waals surface area contributed by atoms with Gasteiger partial charge in [-0.15, -0.1) is 0 Å². The molecule has 1 amide bonds. The topological polar surface area (TPSA) is 29.1 Å². The van der Waals surface area contributed by atoms with Crippen molar-refractivity contribution >= 4 is 38.9 Å². The van der Waals surface area contributed by atoms with E-state index in [0.717, 1.165) is 0 Å². The Labute approximate surface area is 104 Å². The molecule has 82 valence electrons. The zero-order valence-electron chi connectivity index (χ0n) is 8.04. The predicted octanol–water partition coefficient (Wildman–Crippen LogP) is 3.90. The van der Waals surface area contributed by atoms with Crippen LogP contribution in [0.5, 0.6) is 0 Å². The van der Waals surface area contributed by atoms with Gasteiger partial charge in [-0.2, -0.15) is 11.3 Å². The first-order chi connectivity index (χ1) is 7.66. The maximum Gasteiger partial charge on any atom is 0.256 e. The van der Waals surface area contributed by atoms with Crippen LogP contribution < -0.4 is 5.32 Å². The fraction of sp³-hybridized carbons (Fsp3) is 0. The van der Waals surface area contributed by atoms with Crippen molar-refractivity contribution in [3.8, 4) is 0 Å². The molecular formula is C11H7BrFNOS. The molecule has 0 unspecified atom stereocenters. The van der Waals surface area contributed by atoms with Crippen LogP contribution >= 0.6 is 27.3 Å². The average molecular weight is 300 g/mol. The first kappa shape index (κ1) is 11.3. The van der Waals surface area contributed by atoms with Crippen molar-refractivity contribution in [3.63, 3.8) is 0 Å². The number of carbonyl (C=O) groups is 1. The number of thiophene rings is 1. The largest absolute Gasteiger partial charge is 0.321 e. The molecule has 0 aliphatic carbocycles. The van der Waals surface area contributed by atoms with Gasteiger partial charge in [0, 0.05) is 9.85 Å². The van der Waals surface area contributed by atoms with Crippen LogP contribution in [0.15, 0.2) is 39.5 Å². The third-order valence-electron chi connectivity index (χ3n) is 1.96. The molecule has 0 atom stereocenters. The van der Waals surface area contributed by atoms with Crippen LogP contribution in [0, 0.1) is 5.82 Å². The van der Waals surface area contributed by atoms with Crippen LogP contribution in [0.1, 0.15) is 10.4 Å². The number of hydrogen-bond donors (Lipinski definition) is 1. The molecule has 0 aliphatic heterocycles. The van der Waals surface area contributed by atoms with E-state index in [1.165, 1.54) is 23.5 Å². The highest BCUT2D eigenvalue weighted by Gasteiger charge is 2.09. The second kappa shape index (κ2) is 4.76. The van der Waals surface area contributed by atoms with Crippen LogP contribution in [-0.4, -0.2) is 5.91 Å². The summed E-state index contributed by atoms with van der Waals surface area (Å²) in [5.74, 6) is -0.628. The molecule has 0 bridgehead atoms. The minimum absolute atomic E-state index is 0.243. The quantitative estimate of drug-likeness (QED) is 0.895. The SMILES string of the molecule is O=C(Nc1cc(F)ccc1Br)c1ccsc1. The normalized spacial score (nSPS) is 10.1. The minimum atomic E-state index is -0.385. The number of amides is 1. The highest BCUT2D eigenvalue weighted by molar-refractivity contribution is 9.10. The molecule has 5 heteroatoms. The summed E-state index contributed by atoms with van der Waals surface area (Å²) in [6.45, 7) is 0. The Morgan fingerprint density at radius 3 is 2.88 bits per heavy atom. The second-order valence-electron chi connectivity index (χ2n) is 3.09. The first-order valence-corrected chi connectivity index (χ1v) is 6.19. The summed E-state index contributed by atoms with van der Waals surface area (Å²) in [6, 6.07) is 5.87. The van der Waals surface area contributed by atoms with Crippen molar-refractivity contribution in [2.75, 3.05) is 5.32 Å². The predicted molar refractivity (Wildman–Crippen MR) is 66.4 cm³/mol. The molecule has 2 rings (SSSR count). The van der Waals surface area contributed by atoms with E-state index in [1.807, 2.05) is 5.38 Å². The van der Waals surface area contributed by atoms with E-state index in [-0.39, 0.29) is 11.7 Å². The fourth-order valence-corrected chi connectivity index (χ4v) is 2.16. The number of carbonyl (C=O) groups excluding carboxylic acids is 1. The van der Waals surface area contributed by atoms with Crippen molar-refractivity contribution < 1.29 is 9.18 Å². The summed E-state index contributed by atoms with van der Waals surface area (Å²) in [7, 11) is 0. The smallest absolute Gasteiger partial charge is 0.256 e. The zero-order chi connectivity index (χ0) is 11.5. The number of halogens is 2.